The van der Waals surface area contributed by atoms with Crippen molar-refractivity contribution in [2.45, 2.75) is 18.4 Å². The molecule has 0 atom stereocenters. The summed E-state index contributed by atoms with van der Waals surface area (Å²) in [7, 11) is 5.00. The molecule has 6 heteroatoms. The summed E-state index contributed by atoms with van der Waals surface area (Å²) >= 11 is 0. The molecule has 0 amide bonds. The van der Waals surface area contributed by atoms with E-state index in [4.69, 9.17) is 14.2 Å². The van der Waals surface area contributed by atoms with E-state index in [2.05, 4.69) is 51.8 Å². The maximum absolute atomic E-state index is 5.46. The fourth-order valence-corrected chi connectivity index (χ4v) is 4.55. The molecule has 0 bridgehead atoms. The number of hydrogen-bond acceptors (Lipinski definition) is 5. The second-order valence-corrected chi connectivity index (χ2v) is 8.06. The summed E-state index contributed by atoms with van der Waals surface area (Å²) in [4.78, 5) is 2.47. The van der Waals surface area contributed by atoms with Gasteiger partial charge in [0.15, 0.2) is 0 Å². The highest BCUT2D eigenvalue weighted by atomic mass is 16.5. The monoisotopic (exact) mass is 421 g/mol. The van der Waals surface area contributed by atoms with E-state index in [-0.39, 0.29) is 5.54 Å². The molecular weight excluding hydrogens is 390 g/mol. The SMILES string of the molecule is C=C(/C=C(\C=C\OC)CN1CCC2(CC1)Nc1cc(OC)ccc1-n1cccc12)OC. The van der Waals surface area contributed by atoms with Crippen molar-refractivity contribution >= 4 is 5.69 Å². The Labute approximate surface area is 184 Å². The molecule has 2 aliphatic heterocycles. The Morgan fingerprint density at radius 1 is 1.19 bits per heavy atom. The number of allylic oxidation sites excluding steroid dienone is 1. The number of ether oxygens (including phenoxy) is 3. The van der Waals surface area contributed by atoms with Gasteiger partial charge in [-0.25, -0.2) is 0 Å². The second-order valence-electron chi connectivity index (χ2n) is 8.06. The number of fused-ring (bicyclic) bond motifs is 4. The highest BCUT2D eigenvalue weighted by Crippen LogP contribution is 2.44. The molecule has 0 unspecified atom stereocenters. The first-order chi connectivity index (χ1) is 15.1. The fraction of sp³-hybridized carbons (Fsp3) is 0.360. The standard InChI is InChI=1S/C25H31N3O3/c1-19(30-3)16-20(9-15-29-2)18-27-13-10-25(11-14-27)24-6-5-12-28(24)23-8-7-21(31-4)17-22(23)26-25/h5-9,12,15-17,26H,1,10-11,13-14,18H2,2-4H3/b15-9+,20-16+. The van der Waals surface area contributed by atoms with E-state index in [1.54, 1.807) is 27.6 Å². The van der Waals surface area contributed by atoms with Crippen LogP contribution in [0.25, 0.3) is 5.69 Å². The number of hydrogen-bond donors (Lipinski definition) is 1. The maximum atomic E-state index is 5.46. The summed E-state index contributed by atoms with van der Waals surface area (Å²) in [5.41, 5.74) is 4.65. The van der Waals surface area contributed by atoms with Crippen LogP contribution in [0.3, 0.4) is 0 Å². The molecule has 1 aromatic heterocycles. The average Bonchev–Trinajstić information content (AvgIpc) is 3.30. The number of nitrogens with one attached hydrogen (secondary N) is 1. The highest BCUT2D eigenvalue weighted by molar-refractivity contribution is 5.69. The van der Waals surface area contributed by atoms with Crippen molar-refractivity contribution in [2.75, 3.05) is 46.3 Å². The summed E-state index contributed by atoms with van der Waals surface area (Å²) in [6.45, 7) is 6.71. The van der Waals surface area contributed by atoms with Gasteiger partial charge < -0.3 is 24.1 Å². The second kappa shape index (κ2) is 8.94. The first-order valence-corrected chi connectivity index (χ1v) is 10.6. The van der Waals surface area contributed by atoms with Crippen molar-refractivity contribution in [3.8, 4) is 11.4 Å². The Balaban J connectivity index is 1.53. The molecule has 0 saturated carbocycles. The molecular formula is C25H31N3O3. The van der Waals surface area contributed by atoms with Crippen molar-refractivity contribution in [2.24, 2.45) is 0 Å². The number of aromatic nitrogens is 1. The van der Waals surface area contributed by atoms with Crippen molar-refractivity contribution < 1.29 is 14.2 Å². The van der Waals surface area contributed by atoms with E-state index in [9.17, 15) is 0 Å². The number of methoxy groups -OCH3 is 3. The molecule has 1 saturated heterocycles. The quantitative estimate of drug-likeness (QED) is 0.529. The van der Waals surface area contributed by atoms with Crippen molar-refractivity contribution in [3.63, 3.8) is 0 Å². The van der Waals surface area contributed by atoms with E-state index in [1.807, 2.05) is 18.2 Å². The zero-order valence-electron chi connectivity index (χ0n) is 18.6. The first kappa shape index (κ1) is 21.1. The molecule has 164 valence electrons. The summed E-state index contributed by atoms with van der Waals surface area (Å²) < 4.78 is 18.1. The molecule has 31 heavy (non-hydrogen) atoms. The van der Waals surface area contributed by atoms with Gasteiger partial charge in [-0.15, -0.1) is 0 Å². The van der Waals surface area contributed by atoms with Gasteiger partial charge in [0.25, 0.3) is 0 Å². The summed E-state index contributed by atoms with van der Waals surface area (Å²) in [6, 6.07) is 10.6. The highest BCUT2D eigenvalue weighted by Gasteiger charge is 2.41. The van der Waals surface area contributed by atoms with E-state index in [0.29, 0.717) is 5.76 Å². The van der Waals surface area contributed by atoms with Crippen LogP contribution in [0.5, 0.6) is 5.75 Å². The summed E-state index contributed by atoms with van der Waals surface area (Å²) in [5.74, 6) is 1.51. The lowest BCUT2D eigenvalue weighted by atomic mass is 9.82. The fourth-order valence-electron chi connectivity index (χ4n) is 4.55. The molecule has 2 aromatic rings. The molecule has 6 nitrogen and oxygen atoms in total. The topological polar surface area (TPSA) is 47.9 Å². The Morgan fingerprint density at radius 3 is 2.71 bits per heavy atom. The van der Waals surface area contributed by atoms with Gasteiger partial charge in [-0.05, 0) is 54.8 Å². The minimum Gasteiger partial charge on any atom is -0.504 e. The Kier molecular flexibility index (Phi) is 6.09. The van der Waals surface area contributed by atoms with E-state index in [0.717, 1.165) is 49.5 Å². The number of piperidine rings is 1. The van der Waals surface area contributed by atoms with Crippen LogP contribution < -0.4 is 10.1 Å². The minimum absolute atomic E-state index is 0.0816. The molecule has 1 spiro atoms. The van der Waals surface area contributed by atoms with Crippen molar-refractivity contribution in [3.05, 3.63) is 78.5 Å². The van der Waals surface area contributed by atoms with Gasteiger partial charge in [0.2, 0.25) is 0 Å². The van der Waals surface area contributed by atoms with Gasteiger partial charge in [-0.3, -0.25) is 4.90 Å². The predicted octanol–water partition coefficient (Wildman–Crippen LogP) is 4.45. The Hall–Kier alpha value is -3.12. The van der Waals surface area contributed by atoms with Crippen LogP contribution in [0.1, 0.15) is 18.5 Å². The Bertz CT molecular complexity index is 997. The van der Waals surface area contributed by atoms with E-state index in [1.165, 1.54) is 11.4 Å². The van der Waals surface area contributed by atoms with Gasteiger partial charge in [0, 0.05) is 37.6 Å². The third kappa shape index (κ3) is 4.21. The predicted molar refractivity (Wildman–Crippen MR) is 124 cm³/mol. The summed E-state index contributed by atoms with van der Waals surface area (Å²) in [5, 5.41) is 3.87. The number of nitrogens with zero attached hydrogens (tertiary/aromatic N) is 2. The third-order valence-electron chi connectivity index (χ3n) is 6.22. The number of anilines is 1. The van der Waals surface area contributed by atoms with Crippen LogP contribution in [-0.4, -0.2) is 50.4 Å². The molecule has 0 radical (unpaired) electrons. The van der Waals surface area contributed by atoms with E-state index >= 15 is 0 Å². The smallest absolute Gasteiger partial charge is 0.121 e. The molecule has 4 rings (SSSR count). The van der Waals surface area contributed by atoms with Gasteiger partial charge in [-0.1, -0.05) is 6.58 Å². The molecule has 3 heterocycles. The zero-order chi connectivity index (χ0) is 21.8. The van der Waals surface area contributed by atoms with Gasteiger partial charge in [0.1, 0.15) is 11.5 Å². The van der Waals surface area contributed by atoms with Crippen molar-refractivity contribution in [1.82, 2.24) is 9.47 Å². The van der Waals surface area contributed by atoms with Crippen LogP contribution >= 0.6 is 0 Å². The number of benzene rings is 1. The van der Waals surface area contributed by atoms with Crippen LogP contribution in [0.4, 0.5) is 5.69 Å². The Morgan fingerprint density at radius 2 is 2.00 bits per heavy atom. The number of rotatable bonds is 7. The van der Waals surface area contributed by atoms with Crippen LogP contribution in [0.15, 0.2) is 72.9 Å². The number of likely N-dealkylation sites (tertiary alicyclic amines) is 1. The lowest BCUT2D eigenvalue weighted by Crippen LogP contribution is -2.49. The lowest BCUT2D eigenvalue weighted by molar-refractivity contribution is 0.180. The van der Waals surface area contributed by atoms with Gasteiger partial charge in [-0.2, -0.15) is 0 Å². The molecule has 1 fully saturated rings. The third-order valence-corrected chi connectivity index (χ3v) is 6.22. The van der Waals surface area contributed by atoms with Crippen molar-refractivity contribution in [1.29, 1.82) is 0 Å². The molecule has 1 aromatic carbocycles. The van der Waals surface area contributed by atoms with E-state index < -0.39 is 0 Å². The van der Waals surface area contributed by atoms with Crippen LogP contribution in [0, 0.1) is 0 Å². The largest absolute Gasteiger partial charge is 0.504 e. The molecule has 1 N–H and O–H groups in total. The van der Waals surface area contributed by atoms with Crippen LogP contribution in [-0.2, 0) is 15.0 Å². The molecule has 2 aliphatic rings. The summed E-state index contributed by atoms with van der Waals surface area (Å²) in [6.07, 6.45) is 9.82. The minimum atomic E-state index is -0.0816. The van der Waals surface area contributed by atoms with Gasteiger partial charge >= 0.3 is 0 Å². The maximum Gasteiger partial charge on any atom is 0.121 e. The van der Waals surface area contributed by atoms with Gasteiger partial charge in [0.05, 0.1) is 44.5 Å². The zero-order valence-corrected chi connectivity index (χ0v) is 18.6. The molecule has 0 aliphatic carbocycles. The normalized spacial score (nSPS) is 17.7. The lowest BCUT2D eigenvalue weighted by Gasteiger charge is -2.46. The average molecular weight is 422 g/mol. The first-order valence-electron chi connectivity index (χ1n) is 10.6. The van der Waals surface area contributed by atoms with Crippen LogP contribution in [0.2, 0.25) is 0 Å².